The van der Waals surface area contributed by atoms with Gasteiger partial charge in [-0.15, -0.1) is 0 Å². The minimum absolute atomic E-state index is 0.0131. The Kier molecular flexibility index (Phi) is 9.47. The highest BCUT2D eigenvalue weighted by atomic mass is 79.9. The lowest BCUT2D eigenvalue weighted by molar-refractivity contribution is -0.140. The van der Waals surface area contributed by atoms with Gasteiger partial charge < -0.3 is 25.2 Å². The zero-order valence-electron chi connectivity index (χ0n) is 19.8. The Hall–Kier alpha value is -2.69. The van der Waals surface area contributed by atoms with Crippen LogP contribution < -0.4 is 15.2 Å². The fourth-order valence-electron chi connectivity index (χ4n) is 3.95. The third-order valence-electron chi connectivity index (χ3n) is 5.99. The number of ether oxygens (including phenoxy) is 2. The minimum Gasteiger partial charge on any atom is -0.490 e. The van der Waals surface area contributed by atoms with Gasteiger partial charge in [-0.1, -0.05) is 28.1 Å². The number of rotatable bonds is 10. The predicted molar refractivity (Wildman–Crippen MR) is 133 cm³/mol. The predicted octanol–water partition coefficient (Wildman–Crippen LogP) is 3.27. The van der Waals surface area contributed by atoms with E-state index < -0.39 is 12.0 Å². The Morgan fingerprint density at radius 2 is 1.83 bits per heavy atom. The molecule has 3 atom stereocenters. The normalized spacial score (nSPS) is 19.3. The average molecular weight is 552 g/mol. The van der Waals surface area contributed by atoms with Crippen molar-refractivity contribution in [3.8, 4) is 11.5 Å². The van der Waals surface area contributed by atoms with Crippen LogP contribution in [-0.2, 0) is 16.1 Å². The molecule has 1 aliphatic heterocycles. The molecule has 1 saturated heterocycles. The number of benzene rings is 2. The van der Waals surface area contributed by atoms with E-state index >= 15 is 0 Å². The molecule has 0 radical (unpaired) electrons. The molecule has 1 fully saturated rings. The first kappa shape index (κ1) is 26.9. The van der Waals surface area contributed by atoms with Crippen LogP contribution in [-0.4, -0.2) is 71.2 Å². The van der Waals surface area contributed by atoms with Gasteiger partial charge in [0.2, 0.25) is 0 Å². The van der Waals surface area contributed by atoms with Crippen LogP contribution in [0.4, 0.5) is 4.39 Å². The van der Waals surface area contributed by atoms with Crippen molar-refractivity contribution in [3.05, 3.63) is 58.3 Å². The molecule has 0 aliphatic carbocycles. The SMILES string of the molecule is C[C@@H]1CN(Cc2ccc(F)cc2)[C@@H](C)CN1C(=O)COc1ccc(Br)cc1OCC[C@H](N)C(=O)O. The van der Waals surface area contributed by atoms with Crippen LogP contribution >= 0.6 is 15.9 Å². The van der Waals surface area contributed by atoms with E-state index in [1.807, 2.05) is 11.8 Å². The minimum atomic E-state index is -1.09. The van der Waals surface area contributed by atoms with Gasteiger partial charge in [-0.25, -0.2) is 4.39 Å². The van der Waals surface area contributed by atoms with Crippen LogP contribution in [0.25, 0.3) is 0 Å². The third-order valence-corrected chi connectivity index (χ3v) is 6.49. The highest BCUT2D eigenvalue weighted by Gasteiger charge is 2.32. The summed E-state index contributed by atoms with van der Waals surface area (Å²) >= 11 is 3.38. The van der Waals surface area contributed by atoms with Gasteiger partial charge in [0, 0.05) is 42.6 Å². The van der Waals surface area contributed by atoms with Crippen molar-refractivity contribution in [2.24, 2.45) is 5.73 Å². The fraction of sp³-hybridized carbons (Fsp3) is 0.440. The largest absolute Gasteiger partial charge is 0.490 e. The monoisotopic (exact) mass is 551 g/mol. The van der Waals surface area contributed by atoms with Gasteiger partial charge in [0.15, 0.2) is 18.1 Å². The number of hydrogen-bond acceptors (Lipinski definition) is 6. The van der Waals surface area contributed by atoms with Crippen molar-refractivity contribution < 1.29 is 28.6 Å². The van der Waals surface area contributed by atoms with Crippen molar-refractivity contribution in [1.29, 1.82) is 0 Å². The molecule has 1 heterocycles. The van der Waals surface area contributed by atoms with Crippen LogP contribution in [0.15, 0.2) is 46.9 Å². The van der Waals surface area contributed by atoms with Gasteiger partial charge >= 0.3 is 5.97 Å². The molecule has 3 rings (SSSR count). The van der Waals surface area contributed by atoms with E-state index in [9.17, 15) is 14.0 Å². The van der Waals surface area contributed by atoms with Crippen molar-refractivity contribution in [3.63, 3.8) is 0 Å². The molecule has 3 N–H and O–H groups in total. The van der Waals surface area contributed by atoms with Crippen molar-refractivity contribution in [1.82, 2.24) is 9.80 Å². The summed E-state index contributed by atoms with van der Waals surface area (Å²) in [5.41, 5.74) is 6.55. The zero-order valence-corrected chi connectivity index (χ0v) is 21.4. The van der Waals surface area contributed by atoms with Crippen LogP contribution in [0.5, 0.6) is 11.5 Å². The maximum atomic E-state index is 13.2. The van der Waals surface area contributed by atoms with Crippen LogP contribution in [0.3, 0.4) is 0 Å². The summed E-state index contributed by atoms with van der Waals surface area (Å²) in [7, 11) is 0. The molecule has 2 aromatic carbocycles. The summed E-state index contributed by atoms with van der Waals surface area (Å²) in [5.74, 6) is -0.691. The van der Waals surface area contributed by atoms with Gasteiger partial charge in [0.25, 0.3) is 5.91 Å². The van der Waals surface area contributed by atoms with Gasteiger partial charge in [0.05, 0.1) is 6.61 Å². The number of piperazine rings is 1. The molecule has 35 heavy (non-hydrogen) atoms. The number of nitrogens with two attached hydrogens (primary N) is 1. The summed E-state index contributed by atoms with van der Waals surface area (Å²) in [4.78, 5) is 28.0. The molecular weight excluding hydrogens is 521 g/mol. The Balaban J connectivity index is 1.55. The quantitative estimate of drug-likeness (QED) is 0.466. The second-order valence-electron chi connectivity index (χ2n) is 8.76. The van der Waals surface area contributed by atoms with Gasteiger partial charge in [-0.3, -0.25) is 14.5 Å². The number of carboxylic acid groups (broad SMARTS) is 1. The number of carbonyl (C=O) groups excluding carboxylic acids is 1. The number of halogens is 2. The molecule has 190 valence electrons. The molecule has 0 unspecified atom stereocenters. The van der Waals surface area contributed by atoms with Crippen LogP contribution in [0.2, 0.25) is 0 Å². The Labute approximate surface area is 212 Å². The maximum absolute atomic E-state index is 13.2. The molecule has 1 aliphatic rings. The van der Waals surface area contributed by atoms with E-state index in [1.165, 1.54) is 12.1 Å². The van der Waals surface area contributed by atoms with Crippen LogP contribution in [0.1, 0.15) is 25.8 Å². The van der Waals surface area contributed by atoms with Gasteiger partial charge in [-0.2, -0.15) is 0 Å². The van der Waals surface area contributed by atoms with Gasteiger partial charge in [0.1, 0.15) is 11.9 Å². The average Bonchev–Trinajstić information content (AvgIpc) is 2.81. The van der Waals surface area contributed by atoms with E-state index in [0.29, 0.717) is 31.1 Å². The van der Waals surface area contributed by atoms with Gasteiger partial charge in [-0.05, 0) is 49.7 Å². The maximum Gasteiger partial charge on any atom is 0.320 e. The summed E-state index contributed by atoms with van der Waals surface area (Å²) in [6.45, 7) is 5.96. The van der Waals surface area contributed by atoms with E-state index in [4.69, 9.17) is 20.3 Å². The molecular formula is C25H31BrFN3O5. The molecule has 2 aromatic rings. The number of carboxylic acids is 1. The number of amides is 1. The molecule has 0 bridgehead atoms. The van der Waals surface area contributed by atoms with E-state index in [1.54, 1.807) is 30.3 Å². The Morgan fingerprint density at radius 3 is 2.51 bits per heavy atom. The number of aliphatic carboxylic acids is 1. The zero-order chi connectivity index (χ0) is 25.5. The lowest BCUT2D eigenvalue weighted by Crippen LogP contribution is -2.58. The Bertz CT molecular complexity index is 1020. The fourth-order valence-corrected chi connectivity index (χ4v) is 4.29. The molecule has 0 aromatic heterocycles. The summed E-state index contributed by atoms with van der Waals surface area (Å²) < 4.78 is 25.4. The molecule has 8 nitrogen and oxygen atoms in total. The van der Waals surface area contributed by atoms with Crippen molar-refractivity contribution >= 4 is 27.8 Å². The summed E-state index contributed by atoms with van der Waals surface area (Å²) in [6, 6.07) is 10.7. The van der Waals surface area contributed by atoms with Crippen molar-refractivity contribution in [2.45, 2.75) is 44.9 Å². The molecule has 10 heteroatoms. The van der Waals surface area contributed by atoms with Crippen LogP contribution in [0, 0.1) is 5.82 Å². The number of carbonyl (C=O) groups is 2. The standard InChI is InChI=1S/C25H31BrFN3O5/c1-16-13-30(17(2)12-29(16)14-18-3-6-20(27)7-4-18)24(31)15-35-22-8-5-19(26)11-23(22)34-10-9-21(28)25(32)33/h3-8,11,16-17,21H,9-10,12-15,28H2,1-2H3,(H,32,33)/t16-,17+,21-/m0/s1. The second kappa shape index (κ2) is 12.3. The first-order chi connectivity index (χ1) is 16.6. The Morgan fingerprint density at radius 1 is 1.11 bits per heavy atom. The first-order valence-corrected chi connectivity index (χ1v) is 12.2. The smallest absolute Gasteiger partial charge is 0.320 e. The number of hydrogen-bond donors (Lipinski definition) is 2. The molecule has 0 saturated carbocycles. The summed E-state index contributed by atoms with van der Waals surface area (Å²) in [5, 5.41) is 8.92. The summed E-state index contributed by atoms with van der Waals surface area (Å²) in [6.07, 6.45) is 0.137. The van der Waals surface area contributed by atoms with Crippen molar-refractivity contribution in [2.75, 3.05) is 26.3 Å². The highest BCUT2D eigenvalue weighted by Crippen LogP contribution is 2.31. The number of nitrogens with zero attached hydrogens (tertiary/aromatic N) is 2. The van der Waals surface area contributed by atoms with E-state index in [2.05, 4.69) is 27.8 Å². The lowest BCUT2D eigenvalue weighted by Gasteiger charge is -2.44. The second-order valence-corrected chi connectivity index (χ2v) is 9.68. The molecule has 0 spiro atoms. The first-order valence-electron chi connectivity index (χ1n) is 11.5. The lowest BCUT2D eigenvalue weighted by atomic mass is 10.1. The van der Waals surface area contributed by atoms with E-state index in [-0.39, 0.29) is 43.4 Å². The molecule has 1 amide bonds. The third kappa shape index (κ3) is 7.65. The highest BCUT2D eigenvalue weighted by molar-refractivity contribution is 9.10. The van der Waals surface area contributed by atoms with E-state index in [0.717, 1.165) is 10.0 Å². The topological polar surface area (TPSA) is 105 Å².